The summed E-state index contributed by atoms with van der Waals surface area (Å²) in [4.78, 5) is 24.4. The first-order valence-corrected chi connectivity index (χ1v) is 8.05. The van der Waals surface area contributed by atoms with E-state index < -0.39 is 11.5 Å². The van der Waals surface area contributed by atoms with Gasteiger partial charge in [-0.05, 0) is 36.4 Å². The highest BCUT2D eigenvalue weighted by Crippen LogP contribution is 2.28. The highest BCUT2D eigenvalue weighted by molar-refractivity contribution is 6.38. The first-order valence-electron chi connectivity index (χ1n) is 6.54. The van der Waals surface area contributed by atoms with Crippen molar-refractivity contribution in [1.82, 2.24) is 0 Å². The number of amides is 1. The third-order valence-corrected chi connectivity index (χ3v) is 4.24. The van der Waals surface area contributed by atoms with Crippen LogP contribution in [0.3, 0.4) is 0 Å². The van der Waals surface area contributed by atoms with Crippen molar-refractivity contribution in [3.05, 3.63) is 72.5 Å². The van der Waals surface area contributed by atoms with Crippen molar-refractivity contribution in [3.63, 3.8) is 0 Å². The summed E-state index contributed by atoms with van der Waals surface area (Å²) in [6.45, 7) is 0. The monoisotopic (exact) mass is 401 g/mol. The third-order valence-electron chi connectivity index (χ3n) is 3.17. The van der Waals surface area contributed by atoms with E-state index in [1.807, 2.05) is 0 Å². The Hall–Kier alpha value is -1.72. The van der Waals surface area contributed by atoms with Crippen molar-refractivity contribution in [2.45, 2.75) is 0 Å². The van der Waals surface area contributed by atoms with Crippen LogP contribution in [0.1, 0.15) is 10.4 Å². The van der Waals surface area contributed by atoms with E-state index in [-0.39, 0.29) is 26.9 Å². The number of halogens is 4. The smallest absolute Gasteiger partial charge is 0.349 e. The number of hydrogen-bond donors (Lipinski definition) is 1. The average Bonchev–Trinajstić information content (AvgIpc) is 2.51. The van der Waals surface area contributed by atoms with Gasteiger partial charge in [0.1, 0.15) is 5.56 Å². The fourth-order valence-electron chi connectivity index (χ4n) is 2.10. The molecule has 0 aliphatic carbocycles. The Bertz CT molecular complexity index is 1030. The summed E-state index contributed by atoms with van der Waals surface area (Å²) in [6.07, 6.45) is 0. The number of rotatable bonds is 2. The minimum atomic E-state index is -0.831. The van der Waals surface area contributed by atoms with E-state index in [0.717, 1.165) is 0 Å². The Morgan fingerprint density at radius 3 is 2.42 bits per heavy atom. The van der Waals surface area contributed by atoms with Gasteiger partial charge in [0.15, 0.2) is 5.58 Å². The molecule has 3 aromatic rings. The minimum Gasteiger partial charge on any atom is -0.421 e. The lowest BCUT2D eigenvalue weighted by molar-refractivity contribution is 0.102. The predicted octanol–water partition coefficient (Wildman–Crippen LogP) is 5.66. The summed E-state index contributed by atoms with van der Waals surface area (Å²) >= 11 is 23.8. The molecule has 0 saturated carbocycles. The van der Waals surface area contributed by atoms with Crippen molar-refractivity contribution >= 4 is 69.0 Å². The molecule has 0 saturated heterocycles. The number of anilines is 1. The van der Waals surface area contributed by atoms with Gasteiger partial charge >= 0.3 is 5.63 Å². The zero-order valence-electron chi connectivity index (χ0n) is 11.7. The minimum absolute atomic E-state index is 0.156. The Kier molecular flexibility index (Phi) is 4.74. The molecule has 0 aliphatic heterocycles. The normalized spacial score (nSPS) is 10.8. The molecule has 24 heavy (non-hydrogen) atoms. The highest BCUT2D eigenvalue weighted by atomic mass is 35.5. The van der Waals surface area contributed by atoms with Gasteiger partial charge in [-0.25, -0.2) is 4.79 Å². The maximum atomic E-state index is 12.4. The zero-order chi connectivity index (χ0) is 17.4. The second-order valence-electron chi connectivity index (χ2n) is 4.83. The van der Waals surface area contributed by atoms with Crippen LogP contribution in [0.15, 0.2) is 45.6 Å². The molecule has 0 radical (unpaired) electrons. The fourth-order valence-corrected chi connectivity index (χ4v) is 2.98. The summed E-state index contributed by atoms with van der Waals surface area (Å²) in [6, 6.07) is 8.91. The van der Waals surface area contributed by atoms with Crippen LogP contribution in [0, 0.1) is 0 Å². The van der Waals surface area contributed by atoms with Gasteiger partial charge < -0.3 is 9.73 Å². The summed E-state index contributed by atoms with van der Waals surface area (Å²) in [5.74, 6) is -0.689. The number of nitrogens with one attached hydrogen (secondary N) is 1. The zero-order valence-corrected chi connectivity index (χ0v) is 14.7. The van der Waals surface area contributed by atoms with E-state index in [0.29, 0.717) is 15.4 Å². The van der Waals surface area contributed by atoms with E-state index in [1.165, 1.54) is 30.3 Å². The molecular weight excluding hydrogens is 396 g/mol. The molecule has 0 fully saturated rings. The van der Waals surface area contributed by atoms with Gasteiger partial charge in [-0.1, -0.05) is 46.4 Å². The maximum Gasteiger partial charge on any atom is 0.349 e. The SMILES string of the molecule is O=C(Nc1cc(Cl)ccc1Cl)c1cc2cc(Cl)cc(Cl)c2oc1=O. The third kappa shape index (κ3) is 3.37. The molecule has 1 aromatic heterocycles. The lowest BCUT2D eigenvalue weighted by atomic mass is 10.1. The standard InChI is InChI=1S/C16H7Cl4NO3/c17-8-1-2-11(19)13(6-8)21-15(22)10-4-7-3-9(18)5-12(20)14(7)24-16(10)23/h1-6H,(H,21,22). The van der Waals surface area contributed by atoms with Gasteiger partial charge in [-0.2, -0.15) is 0 Å². The van der Waals surface area contributed by atoms with Crippen LogP contribution in [0.5, 0.6) is 0 Å². The second-order valence-corrected chi connectivity index (χ2v) is 6.52. The maximum absolute atomic E-state index is 12.4. The Labute approximate surface area is 155 Å². The van der Waals surface area contributed by atoms with Gasteiger partial charge in [-0.15, -0.1) is 0 Å². The molecule has 4 nitrogen and oxygen atoms in total. The Balaban J connectivity index is 2.05. The van der Waals surface area contributed by atoms with Gasteiger partial charge in [0, 0.05) is 15.4 Å². The van der Waals surface area contributed by atoms with E-state index in [2.05, 4.69) is 5.32 Å². The molecule has 1 heterocycles. The molecule has 2 aromatic carbocycles. The van der Waals surface area contributed by atoms with Crippen LogP contribution in [0.25, 0.3) is 11.0 Å². The average molecular weight is 403 g/mol. The molecule has 0 unspecified atom stereocenters. The van der Waals surface area contributed by atoms with E-state index >= 15 is 0 Å². The van der Waals surface area contributed by atoms with E-state index in [4.69, 9.17) is 50.8 Å². The lowest BCUT2D eigenvalue weighted by Crippen LogP contribution is -2.20. The molecule has 0 atom stereocenters. The molecule has 8 heteroatoms. The molecular formula is C16H7Cl4NO3. The van der Waals surface area contributed by atoms with Gasteiger partial charge in [0.2, 0.25) is 0 Å². The van der Waals surface area contributed by atoms with Crippen molar-refractivity contribution < 1.29 is 9.21 Å². The van der Waals surface area contributed by atoms with Crippen molar-refractivity contribution in [3.8, 4) is 0 Å². The lowest BCUT2D eigenvalue weighted by Gasteiger charge is -2.08. The molecule has 3 rings (SSSR count). The van der Waals surface area contributed by atoms with Gasteiger partial charge in [-0.3, -0.25) is 4.79 Å². The fraction of sp³-hybridized carbons (Fsp3) is 0. The van der Waals surface area contributed by atoms with Crippen LogP contribution in [-0.4, -0.2) is 5.91 Å². The number of benzene rings is 2. The molecule has 0 aliphatic rings. The van der Waals surface area contributed by atoms with Crippen molar-refractivity contribution in [2.24, 2.45) is 0 Å². The molecule has 122 valence electrons. The molecule has 1 amide bonds. The van der Waals surface area contributed by atoms with Crippen LogP contribution >= 0.6 is 46.4 Å². The molecule has 1 N–H and O–H groups in total. The predicted molar refractivity (Wildman–Crippen MR) is 96.9 cm³/mol. The van der Waals surface area contributed by atoms with E-state index in [9.17, 15) is 9.59 Å². The largest absolute Gasteiger partial charge is 0.421 e. The summed E-state index contributed by atoms with van der Waals surface area (Å²) < 4.78 is 5.13. The molecule has 0 bridgehead atoms. The van der Waals surface area contributed by atoms with Crippen molar-refractivity contribution in [1.29, 1.82) is 0 Å². The van der Waals surface area contributed by atoms with Crippen LogP contribution in [0.2, 0.25) is 20.1 Å². The van der Waals surface area contributed by atoms with Crippen LogP contribution in [-0.2, 0) is 0 Å². The Morgan fingerprint density at radius 2 is 1.67 bits per heavy atom. The number of carbonyl (C=O) groups excluding carboxylic acids is 1. The summed E-state index contributed by atoms with van der Waals surface area (Å²) in [7, 11) is 0. The first-order chi connectivity index (χ1) is 11.3. The van der Waals surface area contributed by atoms with Gasteiger partial charge in [0.05, 0.1) is 15.7 Å². The summed E-state index contributed by atoms with van der Waals surface area (Å²) in [5, 5.41) is 4.15. The molecule has 0 spiro atoms. The van der Waals surface area contributed by atoms with Gasteiger partial charge in [0.25, 0.3) is 5.91 Å². The van der Waals surface area contributed by atoms with E-state index in [1.54, 1.807) is 6.07 Å². The van der Waals surface area contributed by atoms with Crippen molar-refractivity contribution in [2.75, 3.05) is 5.32 Å². The number of carbonyl (C=O) groups is 1. The highest BCUT2D eigenvalue weighted by Gasteiger charge is 2.17. The van der Waals surface area contributed by atoms with Crippen LogP contribution in [0.4, 0.5) is 5.69 Å². The number of hydrogen-bond acceptors (Lipinski definition) is 3. The quantitative estimate of drug-likeness (QED) is 0.562. The Morgan fingerprint density at radius 1 is 0.917 bits per heavy atom. The number of fused-ring (bicyclic) bond motifs is 1. The van der Waals surface area contributed by atoms with Crippen LogP contribution < -0.4 is 10.9 Å². The summed E-state index contributed by atoms with van der Waals surface area (Å²) in [5.41, 5.74) is -0.611. The first kappa shape index (κ1) is 17.1. The second kappa shape index (κ2) is 6.65. The topological polar surface area (TPSA) is 59.3 Å².